The van der Waals surface area contributed by atoms with E-state index in [-0.39, 0.29) is 6.04 Å². The largest absolute Gasteiger partial charge is 0.444 e. The molecule has 0 fully saturated rings. The molecule has 3 N–H and O–H groups in total. The van der Waals surface area contributed by atoms with Crippen LogP contribution >= 0.6 is 12.2 Å². The maximum atomic E-state index is 11.5. The average Bonchev–Trinajstić information content (AvgIpc) is 1.97. The lowest BCUT2D eigenvalue weighted by atomic mass is 10.0. The van der Waals surface area contributed by atoms with Gasteiger partial charge >= 0.3 is 6.09 Å². The molecule has 0 aliphatic rings. The summed E-state index contributed by atoms with van der Waals surface area (Å²) < 4.78 is 5.13. The van der Waals surface area contributed by atoms with Gasteiger partial charge in [0.25, 0.3) is 0 Å². The predicted molar refractivity (Wildman–Crippen MR) is 69.4 cm³/mol. The van der Waals surface area contributed by atoms with Crippen LogP contribution in [0.1, 0.15) is 41.0 Å². The van der Waals surface area contributed by atoms with E-state index in [2.05, 4.69) is 5.32 Å². The van der Waals surface area contributed by atoms with Crippen molar-refractivity contribution in [2.75, 3.05) is 0 Å². The van der Waals surface area contributed by atoms with E-state index in [0.29, 0.717) is 17.3 Å². The van der Waals surface area contributed by atoms with Gasteiger partial charge in [-0.15, -0.1) is 0 Å². The maximum absolute atomic E-state index is 11.5. The molecule has 0 aromatic heterocycles. The second-order valence-corrected chi connectivity index (χ2v) is 5.70. The number of nitrogens with one attached hydrogen (secondary N) is 1. The smallest absolute Gasteiger partial charge is 0.408 e. The van der Waals surface area contributed by atoms with Crippen molar-refractivity contribution in [2.24, 2.45) is 11.7 Å². The molecule has 0 heterocycles. The van der Waals surface area contributed by atoms with Gasteiger partial charge in [0.2, 0.25) is 0 Å². The minimum absolute atomic E-state index is 0.291. The van der Waals surface area contributed by atoms with E-state index >= 15 is 0 Å². The first kappa shape index (κ1) is 15.2. The Kier molecular flexibility index (Phi) is 5.72. The van der Waals surface area contributed by atoms with Crippen LogP contribution in [0.3, 0.4) is 0 Å². The van der Waals surface area contributed by atoms with Crippen molar-refractivity contribution in [2.45, 2.75) is 52.7 Å². The first-order chi connectivity index (χ1) is 7.11. The predicted octanol–water partition coefficient (Wildman–Crippen LogP) is 2.21. The molecule has 0 aliphatic carbocycles. The van der Waals surface area contributed by atoms with E-state index in [9.17, 15) is 4.79 Å². The van der Waals surface area contributed by atoms with Gasteiger partial charge in [0.1, 0.15) is 5.60 Å². The summed E-state index contributed by atoms with van der Waals surface area (Å²) in [6.45, 7) is 9.52. The lowest BCUT2D eigenvalue weighted by Gasteiger charge is -2.23. The molecule has 1 amide bonds. The fourth-order valence-electron chi connectivity index (χ4n) is 1.17. The molecule has 0 radical (unpaired) electrons. The van der Waals surface area contributed by atoms with E-state index in [1.54, 1.807) is 0 Å². The molecular formula is C11H22N2O2S. The van der Waals surface area contributed by atoms with Crippen molar-refractivity contribution < 1.29 is 9.53 Å². The van der Waals surface area contributed by atoms with Crippen molar-refractivity contribution >= 4 is 23.3 Å². The zero-order chi connectivity index (χ0) is 12.9. The van der Waals surface area contributed by atoms with E-state index in [1.807, 2.05) is 34.6 Å². The number of amides is 1. The number of carbonyl (C=O) groups is 1. The summed E-state index contributed by atoms with van der Waals surface area (Å²) in [4.78, 5) is 11.8. The van der Waals surface area contributed by atoms with Gasteiger partial charge in [0.05, 0.1) is 11.0 Å². The van der Waals surface area contributed by atoms with E-state index < -0.39 is 11.7 Å². The fraction of sp³-hybridized carbons (Fsp3) is 0.818. The van der Waals surface area contributed by atoms with Crippen LogP contribution in [0.4, 0.5) is 4.79 Å². The molecule has 0 aromatic rings. The van der Waals surface area contributed by atoms with Crippen LogP contribution in [0.5, 0.6) is 0 Å². The SMILES string of the molecule is CC(C)CC(NC(=O)OC(C)(C)C)C(N)=S. The maximum Gasteiger partial charge on any atom is 0.408 e. The number of hydrogen-bond donors (Lipinski definition) is 2. The Morgan fingerprint density at radius 3 is 2.25 bits per heavy atom. The molecule has 5 heteroatoms. The molecule has 94 valence electrons. The van der Waals surface area contributed by atoms with Gasteiger partial charge in [-0.25, -0.2) is 4.79 Å². The van der Waals surface area contributed by atoms with Gasteiger partial charge in [0, 0.05) is 0 Å². The Morgan fingerprint density at radius 2 is 1.94 bits per heavy atom. The molecule has 0 rings (SSSR count). The molecule has 0 saturated carbocycles. The molecule has 0 spiro atoms. The van der Waals surface area contributed by atoms with Gasteiger partial charge in [-0.05, 0) is 33.1 Å². The summed E-state index contributed by atoms with van der Waals surface area (Å²) in [5, 5.41) is 2.68. The van der Waals surface area contributed by atoms with E-state index in [1.165, 1.54) is 0 Å². The molecule has 1 atom stereocenters. The number of carbonyl (C=O) groups excluding carboxylic acids is 1. The molecular weight excluding hydrogens is 224 g/mol. The highest BCUT2D eigenvalue weighted by atomic mass is 32.1. The molecule has 4 nitrogen and oxygen atoms in total. The van der Waals surface area contributed by atoms with E-state index in [4.69, 9.17) is 22.7 Å². The van der Waals surface area contributed by atoms with Crippen LogP contribution in [0.25, 0.3) is 0 Å². The molecule has 16 heavy (non-hydrogen) atoms. The summed E-state index contributed by atoms with van der Waals surface area (Å²) in [7, 11) is 0. The summed E-state index contributed by atoms with van der Waals surface area (Å²) in [6.07, 6.45) is 0.236. The number of thiocarbonyl (C=S) groups is 1. The van der Waals surface area contributed by atoms with Gasteiger partial charge in [-0.1, -0.05) is 26.1 Å². The standard InChI is InChI=1S/C11H22N2O2S/c1-7(2)6-8(9(12)16)13-10(14)15-11(3,4)5/h7-8H,6H2,1-5H3,(H2,12,16)(H,13,14). The average molecular weight is 246 g/mol. The van der Waals surface area contributed by atoms with Crippen molar-refractivity contribution in [3.8, 4) is 0 Å². The van der Waals surface area contributed by atoms with Gasteiger partial charge in [-0.2, -0.15) is 0 Å². The van der Waals surface area contributed by atoms with Crippen LogP contribution in [0.2, 0.25) is 0 Å². The summed E-state index contributed by atoms with van der Waals surface area (Å²) >= 11 is 4.90. The Bertz CT molecular complexity index is 259. The lowest BCUT2D eigenvalue weighted by molar-refractivity contribution is 0.0514. The van der Waals surface area contributed by atoms with Gasteiger partial charge in [-0.3, -0.25) is 0 Å². The fourth-order valence-corrected chi connectivity index (χ4v) is 1.32. The van der Waals surface area contributed by atoms with Crippen LogP contribution in [-0.2, 0) is 4.74 Å². The van der Waals surface area contributed by atoms with Crippen LogP contribution in [0, 0.1) is 5.92 Å². The highest BCUT2D eigenvalue weighted by Gasteiger charge is 2.21. The topological polar surface area (TPSA) is 64.3 Å². The molecule has 0 aromatic carbocycles. The minimum Gasteiger partial charge on any atom is -0.444 e. The van der Waals surface area contributed by atoms with Crippen molar-refractivity contribution in [3.05, 3.63) is 0 Å². The first-order valence-corrected chi connectivity index (χ1v) is 5.81. The van der Waals surface area contributed by atoms with Gasteiger partial charge in [0.15, 0.2) is 0 Å². The number of alkyl carbamates (subject to hydrolysis) is 1. The Balaban J connectivity index is 4.30. The number of rotatable bonds is 4. The van der Waals surface area contributed by atoms with Crippen molar-refractivity contribution in [1.82, 2.24) is 5.32 Å². The highest BCUT2D eigenvalue weighted by molar-refractivity contribution is 7.80. The highest BCUT2D eigenvalue weighted by Crippen LogP contribution is 2.09. The molecule has 0 aliphatic heterocycles. The number of hydrogen-bond acceptors (Lipinski definition) is 3. The third-order valence-electron chi connectivity index (χ3n) is 1.74. The monoisotopic (exact) mass is 246 g/mol. The summed E-state index contributed by atoms with van der Waals surface area (Å²) in [5.74, 6) is 0.404. The lowest BCUT2D eigenvalue weighted by Crippen LogP contribution is -2.46. The second kappa shape index (κ2) is 6.03. The normalized spacial score (nSPS) is 13.4. The minimum atomic E-state index is -0.511. The quantitative estimate of drug-likeness (QED) is 0.746. The summed E-state index contributed by atoms with van der Waals surface area (Å²) in [5.41, 5.74) is 5.05. The Labute approximate surface area is 103 Å². The van der Waals surface area contributed by atoms with Crippen LogP contribution < -0.4 is 11.1 Å². The number of ether oxygens (including phenoxy) is 1. The Morgan fingerprint density at radius 1 is 1.44 bits per heavy atom. The van der Waals surface area contributed by atoms with Crippen molar-refractivity contribution in [1.29, 1.82) is 0 Å². The van der Waals surface area contributed by atoms with Crippen LogP contribution in [0.15, 0.2) is 0 Å². The Hall–Kier alpha value is -0.840. The van der Waals surface area contributed by atoms with E-state index in [0.717, 1.165) is 0 Å². The third-order valence-corrected chi connectivity index (χ3v) is 2.03. The second-order valence-electron chi connectivity index (χ2n) is 5.23. The van der Waals surface area contributed by atoms with Crippen LogP contribution in [-0.4, -0.2) is 22.7 Å². The molecule has 1 unspecified atom stereocenters. The first-order valence-electron chi connectivity index (χ1n) is 5.40. The summed E-state index contributed by atoms with van der Waals surface area (Å²) in [6, 6.07) is -0.301. The molecule has 0 saturated heterocycles. The van der Waals surface area contributed by atoms with Crippen molar-refractivity contribution in [3.63, 3.8) is 0 Å². The third kappa shape index (κ3) is 7.45. The van der Waals surface area contributed by atoms with Gasteiger partial charge < -0.3 is 15.8 Å². The zero-order valence-corrected chi connectivity index (χ0v) is 11.5. The zero-order valence-electron chi connectivity index (χ0n) is 10.7. The molecule has 0 bridgehead atoms. The number of nitrogens with two attached hydrogens (primary N) is 1.